The number of fused-ring (bicyclic) bond motifs is 1. The molecule has 1 aliphatic rings. The fourth-order valence-corrected chi connectivity index (χ4v) is 3.69. The highest BCUT2D eigenvalue weighted by atomic mass is 16.5. The van der Waals surface area contributed by atoms with Crippen molar-refractivity contribution in [3.8, 4) is 17.2 Å². The first-order valence-corrected chi connectivity index (χ1v) is 9.83. The Balaban J connectivity index is 1.69. The van der Waals surface area contributed by atoms with E-state index in [9.17, 15) is 4.79 Å². The quantitative estimate of drug-likeness (QED) is 0.777. The molecule has 0 bridgehead atoms. The van der Waals surface area contributed by atoms with E-state index in [1.807, 2.05) is 37.3 Å². The molecule has 5 nitrogen and oxygen atoms in total. The van der Waals surface area contributed by atoms with Gasteiger partial charge in [-0.25, -0.2) is 0 Å². The first kappa shape index (κ1) is 20.1. The monoisotopic (exact) mass is 383 g/mol. The smallest absolute Gasteiger partial charge is 0.261 e. The minimum atomic E-state index is -0.590. The SMILES string of the molecule is COc1ccc(OC)c([C@@H](C)NC(=O)[C@H](C)Oc2cccc3c2CCCC3)c1. The molecule has 2 aromatic rings. The molecule has 5 heteroatoms. The van der Waals surface area contributed by atoms with Gasteiger partial charge >= 0.3 is 0 Å². The minimum absolute atomic E-state index is 0.161. The van der Waals surface area contributed by atoms with Gasteiger partial charge in [0.1, 0.15) is 17.2 Å². The summed E-state index contributed by atoms with van der Waals surface area (Å²) in [5, 5.41) is 3.02. The Labute approximate surface area is 167 Å². The van der Waals surface area contributed by atoms with Gasteiger partial charge in [-0.3, -0.25) is 4.79 Å². The Morgan fingerprint density at radius 3 is 2.54 bits per heavy atom. The average Bonchev–Trinajstić information content (AvgIpc) is 2.73. The highest BCUT2D eigenvalue weighted by molar-refractivity contribution is 5.81. The fourth-order valence-electron chi connectivity index (χ4n) is 3.69. The maximum Gasteiger partial charge on any atom is 0.261 e. The summed E-state index contributed by atoms with van der Waals surface area (Å²) in [6, 6.07) is 11.4. The second kappa shape index (κ2) is 9.00. The highest BCUT2D eigenvalue weighted by Gasteiger charge is 2.22. The van der Waals surface area contributed by atoms with E-state index in [2.05, 4.69) is 11.4 Å². The van der Waals surface area contributed by atoms with Gasteiger partial charge in [0.2, 0.25) is 0 Å². The van der Waals surface area contributed by atoms with E-state index in [0.717, 1.165) is 29.9 Å². The number of ether oxygens (including phenoxy) is 3. The molecule has 0 aromatic heterocycles. The van der Waals surface area contributed by atoms with Crippen molar-refractivity contribution in [3.05, 3.63) is 53.1 Å². The molecule has 1 N–H and O–H groups in total. The Morgan fingerprint density at radius 1 is 1.00 bits per heavy atom. The van der Waals surface area contributed by atoms with E-state index in [1.165, 1.54) is 24.0 Å². The van der Waals surface area contributed by atoms with Gasteiger partial charge in [-0.05, 0) is 74.9 Å². The molecule has 0 radical (unpaired) electrons. The van der Waals surface area contributed by atoms with Crippen LogP contribution in [0.1, 0.15) is 49.4 Å². The zero-order valence-corrected chi connectivity index (χ0v) is 17.1. The minimum Gasteiger partial charge on any atom is -0.497 e. The lowest BCUT2D eigenvalue weighted by Gasteiger charge is -2.23. The van der Waals surface area contributed by atoms with Crippen LogP contribution >= 0.6 is 0 Å². The second-order valence-electron chi connectivity index (χ2n) is 7.20. The Kier molecular flexibility index (Phi) is 6.45. The van der Waals surface area contributed by atoms with Crippen LogP contribution in [0, 0.1) is 0 Å². The first-order valence-electron chi connectivity index (χ1n) is 9.83. The number of amides is 1. The van der Waals surface area contributed by atoms with E-state index >= 15 is 0 Å². The van der Waals surface area contributed by atoms with Crippen LogP contribution in [0.15, 0.2) is 36.4 Å². The molecular weight excluding hydrogens is 354 g/mol. The van der Waals surface area contributed by atoms with E-state index in [-0.39, 0.29) is 11.9 Å². The molecule has 2 aromatic carbocycles. The van der Waals surface area contributed by atoms with Gasteiger partial charge in [-0.1, -0.05) is 12.1 Å². The Hall–Kier alpha value is -2.69. The first-order chi connectivity index (χ1) is 13.5. The highest BCUT2D eigenvalue weighted by Crippen LogP contribution is 2.31. The topological polar surface area (TPSA) is 56.8 Å². The summed E-state index contributed by atoms with van der Waals surface area (Å²) in [6.45, 7) is 3.71. The van der Waals surface area contributed by atoms with Gasteiger partial charge in [0.15, 0.2) is 6.10 Å². The van der Waals surface area contributed by atoms with Crippen molar-refractivity contribution >= 4 is 5.91 Å². The van der Waals surface area contributed by atoms with Gasteiger partial charge in [-0.15, -0.1) is 0 Å². The number of carbonyl (C=O) groups excluding carboxylic acids is 1. The normalized spacial score (nSPS) is 15.1. The molecule has 0 unspecified atom stereocenters. The maximum atomic E-state index is 12.7. The van der Waals surface area contributed by atoms with Crippen molar-refractivity contribution in [2.45, 2.75) is 51.7 Å². The molecule has 1 amide bonds. The average molecular weight is 383 g/mol. The summed E-state index contributed by atoms with van der Waals surface area (Å²) >= 11 is 0. The lowest BCUT2D eigenvalue weighted by atomic mass is 9.91. The Morgan fingerprint density at radius 2 is 1.79 bits per heavy atom. The number of aryl methyl sites for hydroxylation is 1. The van der Waals surface area contributed by atoms with Gasteiger partial charge in [-0.2, -0.15) is 0 Å². The van der Waals surface area contributed by atoms with Crippen LogP contribution in [0.2, 0.25) is 0 Å². The molecule has 0 fully saturated rings. The zero-order chi connectivity index (χ0) is 20.1. The molecular formula is C23H29NO4. The Bertz CT molecular complexity index is 833. The molecule has 0 heterocycles. The van der Waals surface area contributed by atoms with Crippen molar-refractivity contribution in [1.82, 2.24) is 5.32 Å². The predicted molar refractivity (Wildman–Crippen MR) is 109 cm³/mol. The number of carbonyl (C=O) groups is 1. The third-order valence-electron chi connectivity index (χ3n) is 5.29. The van der Waals surface area contributed by atoms with Crippen molar-refractivity contribution < 1.29 is 19.0 Å². The van der Waals surface area contributed by atoms with E-state index in [0.29, 0.717) is 5.75 Å². The molecule has 28 heavy (non-hydrogen) atoms. The van der Waals surface area contributed by atoms with Gasteiger partial charge in [0, 0.05) is 5.56 Å². The number of hydrogen-bond acceptors (Lipinski definition) is 4. The maximum absolute atomic E-state index is 12.7. The van der Waals surface area contributed by atoms with Crippen LogP contribution in [0.3, 0.4) is 0 Å². The van der Waals surface area contributed by atoms with Crippen LogP contribution in [0.25, 0.3) is 0 Å². The summed E-state index contributed by atoms with van der Waals surface area (Å²) in [5.74, 6) is 2.09. The predicted octanol–water partition coefficient (Wildman–Crippen LogP) is 4.23. The molecule has 0 saturated carbocycles. The number of nitrogens with one attached hydrogen (secondary N) is 1. The summed E-state index contributed by atoms with van der Waals surface area (Å²) < 4.78 is 16.8. The van der Waals surface area contributed by atoms with E-state index < -0.39 is 6.10 Å². The van der Waals surface area contributed by atoms with Crippen LogP contribution < -0.4 is 19.5 Å². The molecule has 1 aliphatic carbocycles. The third kappa shape index (κ3) is 4.41. The lowest BCUT2D eigenvalue weighted by molar-refractivity contribution is -0.127. The molecule has 150 valence electrons. The van der Waals surface area contributed by atoms with Crippen molar-refractivity contribution in [1.29, 1.82) is 0 Å². The molecule has 0 aliphatic heterocycles. The summed E-state index contributed by atoms with van der Waals surface area (Å²) in [6.07, 6.45) is 3.89. The standard InChI is InChI=1S/C23H29NO4/c1-15(20-14-18(26-3)12-13-21(20)27-4)24-23(25)16(2)28-22-11-7-9-17-8-5-6-10-19(17)22/h7,9,11-16H,5-6,8,10H2,1-4H3,(H,24,25)/t15-,16+/m1/s1. The van der Waals surface area contributed by atoms with Crippen molar-refractivity contribution in [2.75, 3.05) is 14.2 Å². The van der Waals surface area contributed by atoms with Crippen LogP contribution in [-0.2, 0) is 17.6 Å². The zero-order valence-electron chi connectivity index (χ0n) is 17.1. The summed E-state index contributed by atoms with van der Waals surface area (Å²) in [5.41, 5.74) is 3.45. The largest absolute Gasteiger partial charge is 0.497 e. The van der Waals surface area contributed by atoms with Gasteiger partial charge in [0.05, 0.1) is 20.3 Å². The second-order valence-corrected chi connectivity index (χ2v) is 7.20. The van der Waals surface area contributed by atoms with Crippen LogP contribution in [-0.4, -0.2) is 26.2 Å². The molecule has 0 saturated heterocycles. The number of methoxy groups -OCH3 is 2. The van der Waals surface area contributed by atoms with Gasteiger partial charge in [0.25, 0.3) is 5.91 Å². The van der Waals surface area contributed by atoms with E-state index in [4.69, 9.17) is 14.2 Å². The number of benzene rings is 2. The lowest BCUT2D eigenvalue weighted by Crippen LogP contribution is -2.38. The number of rotatable bonds is 7. The van der Waals surface area contributed by atoms with Crippen molar-refractivity contribution in [2.24, 2.45) is 0 Å². The fraction of sp³-hybridized carbons (Fsp3) is 0.435. The third-order valence-corrected chi connectivity index (χ3v) is 5.29. The molecule has 2 atom stereocenters. The van der Waals surface area contributed by atoms with Crippen LogP contribution in [0.4, 0.5) is 0 Å². The molecule has 0 spiro atoms. The van der Waals surface area contributed by atoms with Gasteiger partial charge < -0.3 is 19.5 Å². The summed E-state index contributed by atoms with van der Waals surface area (Å²) in [4.78, 5) is 12.7. The molecule has 3 rings (SSSR count). The van der Waals surface area contributed by atoms with E-state index in [1.54, 1.807) is 21.1 Å². The number of hydrogen-bond donors (Lipinski definition) is 1. The van der Waals surface area contributed by atoms with Crippen molar-refractivity contribution in [3.63, 3.8) is 0 Å². The summed E-state index contributed by atoms with van der Waals surface area (Å²) in [7, 11) is 3.23. The van der Waals surface area contributed by atoms with Crippen LogP contribution in [0.5, 0.6) is 17.2 Å².